The summed E-state index contributed by atoms with van der Waals surface area (Å²) in [5.74, 6) is 0.0334. The fourth-order valence-electron chi connectivity index (χ4n) is 2.36. The molecule has 0 radical (unpaired) electrons. The third-order valence-corrected chi connectivity index (χ3v) is 3.38. The SMILES string of the molecule is O=[N+]([O-])c1cc2ccccc2n1C[C@@H](O)CN1CC1. The highest BCUT2D eigenvalue weighted by Gasteiger charge is 2.25. The van der Waals surface area contributed by atoms with Crippen LogP contribution in [-0.2, 0) is 6.54 Å². The van der Waals surface area contributed by atoms with Crippen LogP contribution in [0, 0.1) is 10.1 Å². The first-order valence-corrected chi connectivity index (χ1v) is 6.28. The van der Waals surface area contributed by atoms with Crippen molar-refractivity contribution in [3.05, 3.63) is 40.4 Å². The number of aromatic nitrogens is 1. The highest BCUT2D eigenvalue weighted by atomic mass is 16.6. The van der Waals surface area contributed by atoms with Gasteiger partial charge in [0.15, 0.2) is 0 Å². The maximum absolute atomic E-state index is 11.1. The van der Waals surface area contributed by atoms with Crippen LogP contribution in [0.4, 0.5) is 5.82 Å². The van der Waals surface area contributed by atoms with Crippen LogP contribution in [0.3, 0.4) is 0 Å². The van der Waals surface area contributed by atoms with E-state index >= 15 is 0 Å². The van der Waals surface area contributed by atoms with Gasteiger partial charge >= 0.3 is 5.82 Å². The number of nitro groups is 1. The Kier molecular flexibility index (Phi) is 2.96. The van der Waals surface area contributed by atoms with Crippen molar-refractivity contribution >= 4 is 16.7 Å². The Labute approximate surface area is 110 Å². The van der Waals surface area contributed by atoms with Gasteiger partial charge in [0.05, 0.1) is 0 Å². The maximum Gasteiger partial charge on any atom is 0.324 e. The molecule has 6 heteroatoms. The van der Waals surface area contributed by atoms with Crippen LogP contribution in [0.1, 0.15) is 0 Å². The molecular formula is C13H15N3O3. The molecule has 0 amide bonds. The van der Waals surface area contributed by atoms with Crippen molar-refractivity contribution in [2.24, 2.45) is 0 Å². The minimum absolute atomic E-state index is 0.0334. The molecule has 6 nitrogen and oxygen atoms in total. The van der Waals surface area contributed by atoms with Gasteiger partial charge in [-0.25, -0.2) is 4.57 Å². The summed E-state index contributed by atoms with van der Waals surface area (Å²) in [4.78, 5) is 12.8. The summed E-state index contributed by atoms with van der Waals surface area (Å²) in [6.07, 6.45) is -0.586. The van der Waals surface area contributed by atoms with E-state index < -0.39 is 11.0 Å². The molecule has 19 heavy (non-hydrogen) atoms. The molecule has 1 fully saturated rings. The normalized spacial score (nSPS) is 16.7. The van der Waals surface area contributed by atoms with Crippen LogP contribution in [0.25, 0.3) is 10.9 Å². The summed E-state index contributed by atoms with van der Waals surface area (Å²) in [7, 11) is 0. The van der Waals surface area contributed by atoms with Crippen LogP contribution in [0.2, 0.25) is 0 Å². The molecule has 2 aromatic rings. The highest BCUT2D eigenvalue weighted by Crippen LogP contribution is 2.25. The average molecular weight is 261 g/mol. The van der Waals surface area contributed by atoms with Crippen LogP contribution in [-0.4, -0.2) is 45.2 Å². The van der Waals surface area contributed by atoms with Gasteiger partial charge in [-0.05, 0) is 11.0 Å². The predicted octanol–water partition coefficient (Wildman–Crippen LogP) is 1.23. The number of β-amino-alcohol motifs (C(OH)–C–C–N with tert-alkyl or cyclic N) is 1. The smallest absolute Gasteiger partial charge is 0.324 e. The second kappa shape index (κ2) is 4.64. The monoisotopic (exact) mass is 261 g/mol. The van der Waals surface area contributed by atoms with Crippen molar-refractivity contribution in [3.8, 4) is 0 Å². The first-order valence-electron chi connectivity index (χ1n) is 6.28. The number of hydrogen-bond donors (Lipinski definition) is 1. The lowest BCUT2D eigenvalue weighted by atomic mass is 10.2. The van der Waals surface area contributed by atoms with Gasteiger partial charge in [0, 0.05) is 31.1 Å². The van der Waals surface area contributed by atoms with Gasteiger partial charge in [0.2, 0.25) is 0 Å². The topological polar surface area (TPSA) is 71.3 Å². The zero-order valence-electron chi connectivity index (χ0n) is 10.4. The fraction of sp³-hybridized carbons (Fsp3) is 0.385. The number of hydrogen-bond acceptors (Lipinski definition) is 4. The molecule has 0 unspecified atom stereocenters. The number of para-hydroxylation sites is 1. The van der Waals surface area contributed by atoms with E-state index in [1.54, 1.807) is 10.6 Å². The van der Waals surface area contributed by atoms with Crippen LogP contribution >= 0.6 is 0 Å². The Balaban J connectivity index is 1.94. The molecule has 2 heterocycles. The van der Waals surface area contributed by atoms with E-state index in [0.29, 0.717) is 6.54 Å². The first kappa shape index (κ1) is 12.1. The van der Waals surface area contributed by atoms with Gasteiger partial charge in [-0.1, -0.05) is 18.2 Å². The quantitative estimate of drug-likeness (QED) is 0.499. The number of nitrogens with zero attached hydrogens (tertiary/aromatic N) is 3. The third kappa shape index (κ3) is 2.45. The van der Waals surface area contributed by atoms with Crippen LogP contribution in [0.15, 0.2) is 30.3 Å². The summed E-state index contributed by atoms with van der Waals surface area (Å²) in [5.41, 5.74) is 0.791. The number of aliphatic hydroxyl groups excluding tert-OH is 1. The Bertz CT molecular complexity index is 619. The molecule has 0 aliphatic carbocycles. The molecule has 1 aromatic heterocycles. The summed E-state index contributed by atoms with van der Waals surface area (Å²) in [6, 6.07) is 8.93. The van der Waals surface area contributed by atoms with E-state index in [-0.39, 0.29) is 12.4 Å². The molecule has 1 aliphatic heterocycles. The summed E-state index contributed by atoms with van der Waals surface area (Å²) >= 11 is 0. The van der Waals surface area contributed by atoms with Crippen LogP contribution < -0.4 is 0 Å². The standard InChI is InChI=1S/C13H15N3O3/c17-11(8-14-5-6-14)9-15-12-4-2-1-3-10(12)7-13(15)16(18)19/h1-4,7,11,17H,5-6,8-9H2/t11-/m0/s1. The van der Waals surface area contributed by atoms with Gasteiger partial charge in [-0.2, -0.15) is 0 Å². The largest absolute Gasteiger partial charge is 0.388 e. The highest BCUT2D eigenvalue weighted by molar-refractivity contribution is 5.83. The maximum atomic E-state index is 11.1. The Morgan fingerprint density at radius 2 is 2.05 bits per heavy atom. The molecule has 100 valence electrons. The number of rotatable bonds is 5. The van der Waals surface area contributed by atoms with Crippen molar-refractivity contribution in [2.75, 3.05) is 19.6 Å². The lowest BCUT2D eigenvalue weighted by Crippen LogP contribution is -2.25. The second-order valence-electron chi connectivity index (χ2n) is 4.88. The number of benzene rings is 1. The molecule has 3 rings (SSSR count). The predicted molar refractivity (Wildman–Crippen MR) is 71.0 cm³/mol. The Morgan fingerprint density at radius 3 is 2.74 bits per heavy atom. The van der Waals surface area contributed by atoms with Gasteiger partial charge in [-0.15, -0.1) is 0 Å². The Morgan fingerprint density at radius 1 is 1.32 bits per heavy atom. The summed E-state index contributed by atoms with van der Waals surface area (Å²) < 4.78 is 1.59. The number of fused-ring (bicyclic) bond motifs is 1. The van der Waals surface area contributed by atoms with Gasteiger partial charge in [0.1, 0.15) is 18.2 Å². The number of aliphatic hydroxyl groups is 1. The van der Waals surface area contributed by atoms with Crippen molar-refractivity contribution in [2.45, 2.75) is 12.6 Å². The van der Waals surface area contributed by atoms with Gasteiger partial charge < -0.3 is 15.2 Å². The van der Waals surface area contributed by atoms with Gasteiger partial charge in [0.25, 0.3) is 0 Å². The van der Waals surface area contributed by atoms with E-state index in [1.807, 2.05) is 24.3 Å². The molecule has 1 aliphatic rings. The lowest BCUT2D eigenvalue weighted by Gasteiger charge is -2.10. The van der Waals surface area contributed by atoms with Crippen molar-refractivity contribution in [3.63, 3.8) is 0 Å². The van der Waals surface area contributed by atoms with Crippen molar-refractivity contribution in [1.82, 2.24) is 9.47 Å². The van der Waals surface area contributed by atoms with E-state index in [0.717, 1.165) is 24.0 Å². The summed E-state index contributed by atoms with van der Waals surface area (Å²) in [5, 5.41) is 21.9. The van der Waals surface area contributed by atoms with Crippen LogP contribution in [0.5, 0.6) is 0 Å². The van der Waals surface area contributed by atoms with E-state index in [4.69, 9.17) is 0 Å². The minimum Gasteiger partial charge on any atom is -0.388 e. The average Bonchev–Trinajstić information content (AvgIpc) is 3.10. The second-order valence-corrected chi connectivity index (χ2v) is 4.88. The molecule has 1 aromatic carbocycles. The van der Waals surface area contributed by atoms with E-state index in [1.165, 1.54) is 0 Å². The third-order valence-electron chi connectivity index (χ3n) is 3.38. The zero-order valence-corrected chi connectivity index (χ0v) is 10.4. The van der Waals surface area contributed by atoms with E-state index in [9.17, 15) is 15.2 Å². The summed E-state index contributed by atoms with van der Waals surface area (Å²) in [6.45, 7) is 2.83. The first-order chi connectivity index (χ1) is 9.15. The molecule has 0 spiro atoms. The van der Waals surface area contributed by atoms with Gasteiger partial charge in [-0.3, -0.25) is 4.90 Å². The van der Waals surface area contributed by atoms with E-state index in [2.05, 4.69) is 4.90 Å². The molecule has 1 N–H and O–H groups in total. The molecule has 0 bridgehead atoms. The Hall–Kier alpha value is -1.92. The molecule has 1 saturated heterocycles. The lowest BCUT2D eigenvalue weighted by molar-refractivity contribution is -0.392. The van der Waals surface area contributed by atoms with Crippen molar-refractivity contribution < 1.29 is 10.0 Å². The zero-order chi connectivity index (χ0) is 13.4. The molecular weight excluding hydrogens is 246 g/mol. The molecule has 0 saturated carbocycles. The minimum atomic E-state index is -0.586. The molecule has 1 atom stereocenters. The fourth-order valence-corrected chi connectivity index (χ4v) is 2.36. The van der Waals surface area contributed by atoms with Crippen molar-refractivity contribution in [1.29, 1.82) is 0 Å².